The molecule has 0 radical (unpaired) electrons. The first kappa shape index (κ1) is 61.9. The summed E-state index contributed by atoms with van der Waals surface area (Å²) in [5.74, 6) is -0.879. The Kier molecular flexibility index (Phi) is 43.9. The number of phosphoric ester groups is 1. The topological polar surface area (TPSA) is 111 Å². The third kappa shape index (κ3) is 50.2. The van der Waals surface area contributed by atoms with Gasteiger partial charge < -0.3 is 27.9 Å². The zero-order valence-corrected chi connectivity index (χ0v) is 42.8. The van der Waals surface area contributed by atoms with Crippen LogP contribution in [0.15, 0.2) is 97.2 Å². The molecule has 0 amide bonds. The molecule has 0 rings (SSSR count). The number of rotatable bonds is 45. The molecule has 65 heavy (non-hydrogen) atoms. The molecular weight excluding hydrogens is 834 g/mol. The molecule has 9 nitrogen and oxygen atoms in total. The Morgan fingerprint density at radius 2 is 0.877 bits per heavy atom. The van der Waals surface area contributed by atoms with Gasteiger partial charge >= 0.3 is 11.9 Å². The van der Waals surface area contributed by atoms with E-state index in [1.807, 2.05) is 21.1 Å². The molecule has 0 aliphatic rings. The number of nitrogens with zero attached hydrogens (tertiary/aromatic N) is 1. The second-order valence-corrected chi connectivity index (χ2v) is 19.2. The summed E-state index contributed by atoms with van der Waals surface area (Å²) in [5.41, 5.74) is 0. The van der Waals surface area contributed by atoms with E-state index < -0.39 is 32.5 Å². The fraction of sp³-hybridized carbons (Fsp3) is 0.673. The summed E-state index contributed by atoms with van der Waals surface area (Å²) < 4.78 is 34.0. The summed E-state index contributed by atoms with van der Waals surface area (Å²) in [6.07, 6.45) is 61.4. The van der Waals surface area contributed by atoms with Gasteiger partial charge in [-0.1, -0.05) is 175 Å². The molecule has 10 heteroatoms. The molecule has 0 aliphatic heterocycles. The van der Waals surface area contributed by atoms with Gasteiger partial charge in [-0.05, 0) is 96.3 Å². The number of ether oxygens (including phenoxy) is 2. The summed E-state index contributed by atoms with van der Waals surface area (Å²) in [6, 6.07) is 0. The number of hydrogen-bond donors (Lipinski definition) is 0. The first-order valence-electron chi connectivity index (χ1n) is 25.4. The Morgan fingerprint density at radius 1 is 0.492 bits per heavy atom. The molecule has 0 N–H and O–H groups in total. The number of unbranched alkanes of at least 4 members (excludes halogenated alkanes) is 15. The van der Waals surface area contributed by atoms with Crippen LogP contribution in [0.1, 0.15) is 187 Å². The lowest BCUT2D eigenvalue weighted by atomic mass is 10.1. The van der Waals surface area contributed by atoms with E-state index in [1.165, 1.54) is 51.4 Å². The van der Waals surface area contributed by atoms with Crippen molar-refractivity contribution >= 4 is 19.8 Å². The van der Waals surface area contributed by atoms with Crippen molar-refractivity contribution in [3.63, 3.8) is 0 Å². The SMILES string of the molecule is CC/C=C\C/C=C\C/C=C\C/C=C\C/C=C\C/C=C\CCCCCCC(=O)OC(COC(=O)CCCCCCCCC/C=C\C/C=C\CCCCCC)COP(=O)([O-])OCC[N+](C)(C)C. The number of carbonyl (C=O) groups is 2. The predicted molar refractivity (Wildman–Crippen MR) is 272 cm³/mol. The van der Waals surface area contributed by atoms with E-state index in [0.29, 0.717) is 23.9 Å². The molecule has 0 aromatic carbocycles. The zero-order chi connectivity index (χ0) is 47.8. The average molecular weight is 928 g/mol. The van der Waals surface area contributed by atoms with Crippen molar-refractivity contribution in [2.75, 3.05) is 47.5 Å². The summed E-state index contributed by atoms with van der Waals surface area (Å²) >= 11 is 0. The maximum Gasteiger partial charge on any atom is 0.306 e. The van der Waals surface area contributed by atoms with Crippen molar-refractivity contribution in [1.82, 2.24) is 0 Å². The highest BCUT2D eigenvalue weighted by Gasteiger charge is 2.21. The fourth-order valence-corrected chi connectivity index (χ4v) is 7.12. The van der Waals surface area contributed by atoms with Gasteiger partial charge in [0.1, 0.15) is 19.8 Å². The second kappa shape index (κ2) is 46.1. The van der Waals surface area contributed by atoms with E-state index in [1.54, 1.807) is 0 Å². The van der Waals surface area contributed by atoms with Crippen LogP contribution in [0.2, 0.25) is 0 Å². The first-order chi connectivity index (χ1) is 31.5. The Hall–Kier alpha value is -3.07. The van der Waals surface area contributed by atoms with Gasteiger partial charge in [-0.3, -0.25) is 14.2 Å². The lowest BCUT2D eigenvalue weighted by molar-refractivity contribution is -0.870. The van der Waals surface area contributed by atoms with Crippen molar-refractivity contribution in [2.24, 2.45) is 0 Å². The molecule has 0 aliphatic carbocycles. The van der Waals surface area contributed by atoms with Gasteiger partial charge in [0, 0.05) is 12.8 Å². The zero-order valence-electron chi connectivity index (χ0n) is 41.9. The second-order valence-electron chi connectivity index (χ2n) is 17.8. The molecule has 372 valence electrons. The smallest absolute Gasteiger partial charge is 0.306 e. The number of phosphoric acid groups is 1. The molecular formula is C55H94NO8P. The van der Waals surface area contributed by atoms with E-state index >= 15 is 0 Å². The molecule has 0 aromatic rings. The molecule has 2 atom stereocenters. The van der Waals surface area contributed by atoms with Crippen LogP contribution in [0, 0.1) is 0 Å². The van der Waals surface area contributed by atoms with E-state index in [-0.39, 0.29) is 26.1 Å². The van der Waals surface area contributed by atoms with Crippen LogP contribution in [0.4, 0.5) is 0 Å². The standard InChI is InChI=1S/C55H94NO8P/c1-6-8-10-12-14-16-18-20-22-24-26-27-28-29-30-32-34-36-38-40-42-44-46-48-55(58)64-53(52-63-65(59,60)62-50-49-56(3,4)5)51-61-54(57)47-45-43-41-39-37-35-33-31-25-23-21-19-17-15-13-11-9-7-2/h8,10,14,16-17,19-20,22-23,25-27,29-30,34,36,53H,6-7,9,11-13,15,18,21,24,28,31-33,35,37-52H2,1-5H3/b10-8-,16-14-,19-17-,22-20-,25-23-,27-26-,30-29-,36-34-. The quantitative estimate of drug-likeness (QED) is 0.0195. The average Bonchev–Trinajstić information content (AvgIpc) is 3.26. The van der Waals surface area contributed by atoms with E-state index in [2.05, 4.69) is 111 Å². The third-order valence-electron chi connectivity index (χ3n) is 10.3. The molecule has 0 bridgehead atoms. The van der Waals surface area contributed by atoms with E-state index in [0.717, 1.165) is 96.3 Å². The van der Waals surface area contributed by atoms with Crippen molar-refractivity contribution in [3.8, 4) is 0 Å². The Labute approximate surface area is 398 Å². The summed E-state index contributed by atoms with van der Waals surface area (Å²) in [5, 5.41) is 0. The molecule has 0 heterocycles. The lowest BCUT2D eigenvalue weighted by Gasteiger charge is -2.28. The normalized spacial score (nSPS) is 14.2. The summed E-state index contributed by atoms with van der Waals surface area (Å²) in [4.78, 5) is 37.7. The van der Waals surface area contributed by atoms with Gasteiger partial charge in [0.25, 0.3) is 7.82 Å². The molecule has 0 saturated carbocycles. The lowest BCUT2D eigenvalue weighted by Crippen LogP contribution is -2.37. The van der Waals surface area contributed by atoms with Crippen molar-refractivity contribution in [1.29, 1.82) is 0 Å². The van der Waals surface area contributed by atoms with Crippen LogP contribution in [0.25, 0.3) is 0 Å². The maximum absolute atomic E-state index is 12.7. The molecule has 0 fully saturated rings. The Morgan fingerprint density at radius 3 is 1.31 bits per heavy atom. The highest BCUT2D eigenvalue weighted by molar-refractivity contribution is 7.45. The minimum atomic E-state index is -4.65. The number of allylic oxidation sites excluding steroid dienone is 16. The monoisotopic (exact) mass is 928 g/mol. The van der Waals surface area contributed by atoms with Crippen LogP contribution >= 0.6 is 7.82 Å². The van der Waals surface area contributed by atoms with Gasteiger partial charge in [-0.25, -0.2) is 0 Å². The largest absolute Gasteiger partial charge is 0.756 e. The van der Waals surface area contributed by atoms with E-state index in [4.69, 9.17) is 18.5 Å². The maximum atomic E-state index is 12.7. The van der Waals surface area contributed by atoms with Crippen LogP contribution in [-0.2, 0) is 32.7 Å². The van der Waals surface area contributed by atoms with Crippen molar-refractivity contribution in [3.05, 3.63) is 97.2 Å². The third-order valence-corrected chi connectivity index (χ3v) is 11.3. The molecule has 0 aromatic heterocycles. The van der Waals surface area contributed by atoms with E-state index in [9.17, 15) is 19.0 Å². The summed E-state index contributed by atoms with van der Waals surface area (Å²) in [6.45, 7) is 4.05. The number of carbonyl (C=O) groups excluding carboxylic acids is 2. The fourth-order valence-electron chi connectivity index (χ4n) is 6.39. The van der Waals surface area contributed by atoms with Crippen molar-refractivity contribution in [2.45, 2.75) is 193 Å². The Bertz CT molecular complexity index is 1420. The number of quaternary nitrogens is 1. The molecule has 2 unspecified atom stereocenters. The predicted octanol–water partition coefficient (Wildman–Crippen LogP) is 14.7. The highest BCUT2D eigenvalue weighted by Crippen LogP contribution is 2.38. The summed E-state index contributed by atoms with van der Waals surface area (Å²) in [7, 11) is 1.13. The minimum absolute atomic E-state index is 0.0431. The van der Waals surface area contributed by atoms with Gasteiger partial charge in [0.15, 0.2) is 6.10 Å². The highest BCUT2D eigenvalue weighted by atomic mass is 31.2. The van der Waals surface area contributed by atoms with Crippen LogP contribution < -0.4 is 4.89 Å². The first-order valence-corrected chi connectivity index (χ1v) is 26.9. The van der Waals surface area contributed by atoms with Crippen LogP contribution in [0.3, 0.4) is 0 Å². The minimum Gasteiger partial charge on any atom is -0.756 e. The van der Waals surface area contributed by atoms with Crippen LogP contribution in [0.5, 0.6) is 0 Å². The van der Waals surface area contributed by atoms with Gasteiger partial charge in [0.05, 0.1) is 27.7 Å². The van der Waals surface area contributed by atoms with Gasteiger partial charge in [-0.2, -0.15) is 0 Å². The van der Waals surface area contributed by atoms with Gasteiger partial charge in [-0.15, -0.1) is 0 Å². The molecule has 0 spiro atoms. The van der Waals surface area contributed by atoms with Crippen LogP contribution in [-0.4, -0.2) is 70.0 Å². The molecule has 0 saturated heterocycles. The number of esters is 2. The number of hydrogen-bond acceptors (Lipinski definition) is 8. The Balaban J connectivity index is 4.37. The number of likely N-dealkylation sites (N-methyl/N-ethyl adjacent to an activating group) is 1. The van der Waals surface area contributed by atoms with Crippen molar-refractivity contribution < 1.29 is 42.1 Å². The van der Waals surface area contributed by atoms with Gasteiger partial charge in [0.2, 0.25) is 0 Å².